The SMILES string of the molecule is Cc1nc(C)c(-c2ccn(C(C)C)n2)s1. The summed E-state index contributed by atoms with van der Waals surface area (Å²) in [5, 5.41) is 5.64. The van der Waals surface area contributed by atoms with Crippen LogP contribution in [0.4, 0.5) is 0 Å². The molecule has 15 heavy (non-hydrogen) atoms. The Labute approximate surface area is 93.8 Å². The molecule has 0 atom stereocenters. The highest BCUT2D eigenvalue weighted by atomic mass is 32.1. The molecule has 2 rings (SSSR count). The summed E-state index contributed by atoms with van der Waals surface area (Å²) in [6, 6.07) is 2.47. The normalized spacial score (nSPS) is 11.3. The molecular weight excluding hydrogens is 206 g/mol. The second-order valence-electron chi connectivity index (χ2n) is 3.92. The monoisotopic (exact) mass is 221 g/mol. The highest BCUT2D eigenvalue weighted by molar-refractivity contribution is 7.15. The van der Waals surface area contributed by atoms with E-state index in [1.54, 1.807) is 11.3 Å². The molecule has 3 nitrogen and oxygen atoms in total. The molecule has 2 aromatic heterocycles. The van der Waals surface area contributed by atoms with Crippen LogP contribution in [0.1, 0.15) is 30.6 Å². The van der Waals surface area contributed by atoms with Crippen molar-refractivity contribution in [2.24, 2.45) is 0 Å². The maximum Gasteiger partial charge on any atom is 0.104 e. The summed E-state index contributed by atoms with van der Waals surface area (Å²) in [6.45, 7) is 8.32. The molecule has 2 heterocycles. The van der Waals surface area contributed by atoms with E-state index in [2.05, 4.69) is 30.0 Å². The van der Waals surface area contributed by atoms with E-state index < -0.39 is 0 Å². The predicted octanol–water partition coefficient (Wildman–Crippen LogP) is 3.20. The van der Waals surface area contributed by atoms with Crippen LogP contribution in [0.2, 0.25) is 0 Å². The van der Waals surface area contributed by atoms with Crippen molar-refractivity contribution in [3.8, 4) is 10.6 Å². The van der Waals surface area contributed by atoms with Gasteiger partial charge in [-0.05, 0) is 33.8 Å². The van der Waals surface area contributed by atoms with Crippen molar-refractivity contribution in [3.63, 3.8) is 0 Å². The molecule has 0 bridgehead atoms. The maximum atomic E-state index is 4.54. The van der Waals surface area contributed by atoms with Crippen molar-refractivity contribution in [1.29, 1.82) is 0 Å². The van der Waals surface area contributed by atoms with Crippen LogP contribution in [-0.4, -0.2) is 14.8 Å². The molecule has 0 aliphatic carbocycles. The molecule has 0 fully saturated rings. The summed E-state index contributed by atoms with van der Waals surface area (Å²) in [6.07, 6.45) is 2.02. The van der Waals surface area contributed by atoms with E-state index in [1.165, 1.54) is 4.88 Å². The van der Waals surface area contributed by atoms with Gasteiger partial charge in [0.2, 0.25) is 0 Å². The minimum atomic E-state index is 0.410. The third kappa shape index (κ3) is 1.95. The largest absolute Gasteiger partial charge is 0.270 e. The van der Waals surface area contributed by atoms with Gasteiger partial charge in [0.25, 0.3) is 0 Å². The minimum Gasteiger partial charge on any atom is -0.270 e. The summed E-state index contributed by atoms with van der Waals surface area (Å²) in [5.74, 6) is 0. The van der Waals surface area contributed by atoms with Gasteiger partial charge in [0.15, 0.2) is 0 Å². The number of nitrogens with zero attached hydrogens (tertiary/aromatic N) is 3. The van der Waals surface area contributed by atoms with Crippen molar-refractivity contribution in [2.45, 2.75) is 33.7 Å². The molecule has 0 saturated carbocycles. The zero-order valence-electron chi connectivity index (χ0n) is 9.48. The maximum absolute atomic E-state index is 4.54. The first-order valence-corrected chi connectivity index (χ1v) is 5.89. The van der Waals surface area contributed by atoms with Gasteiger partial charge in [0.05, 0.1) is 15.6 Å². The Bertz CT molecular complexity index is 468. The summed E-state index contributed by atoms with van der Waals surface area (Å²) in [7, 11) is 0. The summed E-state index contributed by atoms with van der Waals surface area (Å²) in [5.41, 5.74) is 2.11. The fourth-order valence-electron chi connectivity index (χ4n) is 1.52. The van der Waals surface area contributed by atoms with Crippen molar-refractivity contribution in [3.05, 3.63) is 23.0 Å². The van der Waals surface area contributed by atoms with Crippen LogP contribution in [0.25, 0.3) is 10.6 Å². The Hall–Kier alpha value is -1.16. The molecule has 80 valence electrons. The first kappa shape index (κ1) is 10.4. The Kier molecular flexibility index (Phi) is 2.61. The lowest BCUT2D eigenvalue weighted by Crippen LogP contribution is -2.00. The van der Waals surface area contributed by atoms with E-state index in [9.17, 15) is 0 Å². The number of aromatic nitrogens is 3. The van der Waals surface area contributed by atoms with Crippen molar-refractivity contribution < 1.29 is 0 Å². The van der Waals surface area contributed by atoms with E-state index in [4.69, 9.17) is 0 Å². The summed E-state index contributed by atoms with van der Waals surface area (Å²) in [4.78, 5) is 5.60. The second kappa shape index (κ2) is 3.77. The Morgan fingerprint density at radius 3 is 2.53 bits per heavy atom. The van der Waals surface area contributed by atoms with Crippen LogP contribution in [0.5, 0.6) is 0 Å². The molecule has 2 aromatic rings. The molecule has 0 radical (unpaired) electrons. The van der Waals surface area contributed by atoms with Crippen LogP contribution in [-0.2, 0) is 0 Å². The summed E-state index contributed by atoms with van der Waals surface area (Å²) < 4.78 is 1.98. The molecule has 0 N–H and O–H groups in total. The number of aryl methyl sites for hydroxylation is 2. The van der Waals surface area contributed by atoms with Gasteiger partial charge in [-0.15, -0.1) is 11.3 Å². The molecule has 0 saturated heterocycles. The second-order valence-corrected chi connectivity index (χ2v) is 5.13. The lowest BCUT2D eigenvalue weighted by molar-refractivity contribution is 0.534. The van der Waals surface area contributed by atoms with E-state index in [0.717, 1.165) is 16.4 Å². The topological polar surface area (TPSA) is 30.7 Å². The number of hydrogen-bond donors (Lipinski definition) is 0. The van der Waals surface area contributed by atoms with Crippen LogP contribution in [0.3, 0.4) is 0 Å². The van der Waals surface area contributed by atoms with Gasteiger partial charge in [-0.25, -0.2) is 4.98 Å². The van der Waals surface area contributed by atoms with Crippen LogP contribution in [0, 0.1) is 13.8 Å². The zero-order chi connectivity index (χ0) is 11.0. The fourth-order valence-corrected chi connectivity index (χ4v) is 2.40. The molecule has 0 unspecified atom stereocenters. The van der Waals surface area contributed by atoms with Crippen molar-refractivity contribution >= 4 is 11.3 Å². The van der Waals surface area contributed by atoms with Crippen molar-refractivity contribution in [2.75, 3.05) is 0 Å². The predicted molar refractivity (Wildman–Crippen MR) is 63.2 cm³/mol. The molecule has 0 spiro atoms. The lowest BCUT2D eigenvalue weighted by Gasteiger charge is -2.03. The molecule has 0 aliphatic heterocycles. The Morgan fingerprint density at radius 1 is 1.33 bits per heavy atom. The van der Waals surface area contributed by atoms with Crippen molar-refractivity contribution in [1.82, 2.24) is 14.8 Å². The third-order valence-electron chi connectivity index (χ3n) is 2.27. The third-order valence-corrected chi connectivity index (χ3v) is 3.37. The van der Waals surface area contributed by atoms with Gasteiger partial charge < -0.3 is 0 Å². The first-order valence-electron chi connectivity index (χ1n) is 5.07. The lowest BCUT2D eigenvalue weighted by atomic mass is 10.3. The highest BCUT2D eigenvalue weighted by Gasteiger charge is 2.10. The first-order chi connectivity index (χ1) is 7.08. The average molecular weight is 221 g/mol. The Balaban J connectivity index is 2.41. The molecule has 0 aromatic carbocycles. The van der Waals surface area contributed by atoms with Crippen LogP contribution >= 0.6 is 11.3 Å². The van der Waals surface area contributed by atoms with E-state index in [0.29, 0.717) is 6.04 Å². The quantitative estimate of drug-likeness (QED) is 0.779. The molecule has 4 heteroatoms. The average Bonchev–Trinajstić information content (AvgIpc) is 2.71. The number of thiazole rings is 1. The zero-order valence-corrected chi connectivity index (χ0v) is 10.3. The van der Waals surface area contributed by atoms with Gasteiger partial charge in [0.1, 0.15) is 5.69 Å². The van der Waals surface area contributed by atoms with Gasteiger partial charge in [-0.2, -0.15) is 5.10 Å². The molecule has 0 amide bonds. The fraction of sp³-hybridized carbons (Fsp3) is 0.455. The van der Waals surface area contributed by atoms with Gasteiger partial charge >= 0.3 is 0 Å². The van der Waals surface area contributed by atoms with E-state index in [-0.39, 0.29) is 0 Å². The van der Waals surface area contributed by atoms with E-state index >= 15 is 0 Å². The highest BCUT2D eigenvalue weighted by Crippen LogP contribution is 2.28. The molecule has 0 aliphatic rings. The van der Waals surface area contributed by atoms with Gasteiger partial charge in [-0.1, -0.05) is 0 Å². The number of rotatable bonds is 2. The molecular formula is C11H15N3S. The summed E-state index contributed by atoms with van der Waals surface area (Å²) >= 11 is 1.71. The minimum absolute atomic E-state index is 0.410. The standard InChI is InChI=1S/C11H15N3S/c1-7(2)14-6-5-10(13-14)11-8(3)12-9(4)15-11/h5-7H,1-4H3. The van der Waals surface area contributed by atoms with E-state index in [1.807, 2.05) is 24.7 Å². The van der Waals surface area contributed by atoms with Gasteiger partial charge in [-0.3, -0.25) is 4.68 Å². The van der Waals surface area contributed by atoms with Gasteiger partial charge in [0, 0.05) is 12.2 Å². The Morgan fingerprint density at radius 2 is 2.07 bits per heavy atom. The van der Waals surface area contributed by atoms with Crippen LogP contribution in [0.15, 0.2) is 12.3 Å². The van der Waals surface area contributed by atoms with Crippen LogP contribution < -0.4 is 0 Å². The smallest absolute Gasteiger partial charge is 0.104 e. The number of hydrogen-bond acceptors (Lipinski definition) is 3.